The number of benzene rings is 2. The molecule has 1 aliphatic heterocycles. The van der Waals surface area contributed by atoms with Crippen molar-refractivity contribution in [3.63, 3.8) is 0 Å². The Hall–Kier alpha value is -2.02. The van der Waals surface area contributed by atoms with Gasteiger partial charge in [0.05, 0.1) is 21.5 Å². The summed E-state index contributed by atoms with van der Waals surface area (Å²) in [6.07, 6.45) is 2.15. The molecule has 0 bridgehead atoms. The summed E-state index contributed by atoms with van der Waals surface area (Å²) >= 11 is 13.8. The van der Waals surface area contributed by atoms with Crippen molar-refractivity contribution in [1.29, 1.82) is 0 Å². The lowest BCUT2D eigenvalue weighted by molar-refractivity contribution is -0.127. The number of likely N-dealkylation sites (tertiary alicyclic amines) is 1. The fourth-order valence-electron chi connectivity index (χ4n) is 3.29. The second-order valence-corrected chi connectivity index (χ2v) is 8.74. The molecule has 8 heteroatoms. The van der Waals surface area contributed by atoms with Gasteiger partial charge in [0.15, 0.2) is 11.0 Å². The summed E-state index contributed by atoms with van der Waals surface area (Å²) < 4.78 is 1.93. The molecule has 2 aromatic carbocycles. The van der Waals surface area contributed by atoms with Crippen LogP contribution in [-0.2, 0) is 4.79 Å². The summed E-state index contributed by atoms with van der Waals surface area (Å²) in [5.74, 6) is 1.15. The smallest absolute Gasteiger partial charge is 0.233 e. The molecule has 3 aromatic rings. The standard InChI is InChI=1S/C21H20Cl2N4OS/c1-14-4-6-15(7-5-14)20-24-25-21(29-13-19(28)26-10-2-3-11-26)27(20)16-8-9-17(22)18(23)12-16/h4-9,12H,2-3,10-11,13H2,1H3. The molecule has 1 saturated heterocycles. The molecule has 150 valence electrons. The summed E-state index contributed by atoms with van der Waals surface area (Å²) in [6, 6.07) is 13.5. The predicted octanol–water partition coefficient (Wildman–Crippen LogP) is 5.26. The van der Waals surface area contributed by atoms with E-state index in [1.165, 1.54) is 17.3 Å². The Bertz CT molecular complexity index is 1030. The third-order valence-corrected chi connectivity index (χ3v) is 6.54. The topological polar surface area (TPSA) is 51.0 Å². The maximum Gasteiger partial charge on any atom is 0.233 e. The predicted molar refractivity (Wildman–Crippen MR) is 118 cm³/mol. The fraction of sp³-hybridized carbons (Fsp3) is 0.286. The first-order valence-corrected chi connectivity index (χ1v) is 11.2. The van der Waals surface area contributed by atoms with E-state index in [1.54, 1.807) is 12.1 Å². The van der Waals surface area contributed by atoms with Gasteiger partial charge in [0.2, 0.25) is 5.91 Å². The van der Waals surface area contributed by atoms with E-state index < -0.39 is 0 Å². The number of halogens is 2. The van der Waals surface area contributed by atoms with Gasteiger partial charge < -0.3 is 4.90 Å². The molecule has 29 heavy (non-hydrogen) atoms. The highest BCUT2D eigenvalue weighted by molar-refractivity contribution is 7.99. The average molecular weight is 447 g/mol. The molecule has 1 aromatic heterocycles. The molecule has 0 atom stereocenters. The Morgan fingerprint density at radius 3 is 2.45 bits per heavy atom. The number of carbonyl (C=O) groups is 1. The molecule has 2 heterocycles. The Kier molecular flexibility index (Phi) is 6.13. The van der Waals surface area contributed by atoms with Gasteiger partial charge in [0.1, 0.15) is 0 Å². The fourth-order valence-corrected chi connectivity index (χ4v) is 4.44. The van der Waals surface area contributed by atoms with Crippen LogP contribution in [0.2, 0.25) is 10.0 Å². The number of carbonyl (C=O) groups excluding carboxylic acids is 1. The lowest BCUT2D eigenvalue weighted by Crippen LogP contribution is -2.29. The van der Waals surface area contributed by atoms with Crippen molar-refractivity contribution >= 4 is 40.9 Å². The van der Waals surface area contributed by atoms with Gasteiger partial charge in [-0.05, 0) is 38.0 Å². The number of nitrogens with zero attached hydrogens (tertiary/aromatic N) is 4. The van der Waals surface area contributed by atoms with Crippen LogP contribution in [0.3, 0.4) is 0 Å². The van der Waals surface area contributed by atoms with Crippen LogP contribution >= 0.6 is 35.0 Å². The molecular formula is C21H20Cl2N4OS. The van der Waals surface area contributed by atoms with E-state index in [1.807, 2.05) is 46.7 Å². The van der Waals surface area contributed by atoms with Crippen LogP contribution < -0.4 is 0 Å². The summed E-state index contributed by atoms with van der Waals surface area (Å²) in [5.41, 5.74) is 2.91. The number of thioether (sulfide) groups is 1. The van der Waals surface area contributed by atoms with Crippen molar-refractivity contribution < 1.29 is 4.79 Å². The Balaban J connectivity index is 1.69. The average Bonchev–Trinajstić information content (AvgIpc) is 3.39. The van der Waals surface area contributed by atoms with Crippen LogP contribution in [0.25, 0.3) is 17.1 Å². The van der Waals surface area contributed by atoms with Crippen LogP contribution in [0.1, 0.15) is 18.4 Å². The molecule has 1 amide bonds. The molecule has 0 aliphatic carbocycles. The summed E-state index contributed by atoms with van der Waals surface area (Å²) in [4.78, 5) is 14.4. The Labute approximate surface area is 184 Å². The Morgan fingerprint density at radius 2 is 1.76 bits per heavy atom. The largest absolute Gasteiger partial charge is 0.342 e. The van der Waals surface area contributed by atoms with Gasteiger partial charge >= 0.3 is 0 Å². The number of amides is 1. The van der Waals surface area contributed by atoms with Crippen LogP contribution in [0.4, 0.5) is 0 Å². The number of hydrogen-bond acceptors (Lipinski definition) is 4. The number of rotatable bonds is 5. The SMILES string of the molecule is Cc1ccc(-c2nnc(SCC(=O)N3CCCC3)n2-c2ccc(Cl)c(Cl)c2)cc1. The van der Waals surface area contributed by atoms with E-state index in [-0.39, 0.29) is 5.91 Å². The zero-order valence-electron chi connectivity index (χ0n) is 15.9. The monoisotopic (exact) mass is 446 g/mol. The molecule has 0 saturated carbocycles. The first-order valence-electron chi connectivity index (χ1n) is 9.41. The number of hydrogen-bond donors (Lipinski definition) is 0. The van der Waals surface area contributed by atoms with Crippen molar-refractivity contribution in [1.82, 2.24) is 19.7 Å². The summed E-state index contributed by atoms with van der Waals surface area (Å²) in [6.45, 7) is 3.72. The maximum absolute atomic E-state index is 12.5. The van der Waals surface area contributed by atoms with E-state index in [4.69, 9.17) is 23.2 Å². The summed E-state index contributed by atoms with van der Waals surface area (Å²) in [7, 11) is 0. The normalized spacial score (nSPS) is 13.8. The van der Waals surface area contributed by atoms with Crippen molar-refractivity contribution in [2.24, 2.45) is 0 Å². The van der Waals surface area contributed by atoms with Gasteiger partial charge in [0, 0.05) is 18.7 Å². The van der Waals surface area contributed by atoms with Crippen molar-refractivity contribution in [3.8, 4) is 17.1 Å². The lowest BCUT2D eigenvalue weighted by atomic mass is 10.1. The molecule has 1 fully saturated rings. The zero-order valence-corrected chi connectivity index (χ0v) is 18.3. The van der Waals surface area contributed by atoms with Crippen molar-refractivity contribution in [2.45, 2.75) is 24.9 Å². The van der Waals surface area contributed by atoms with E-state index >= 15 is 0 Å². The number of aromatic nitrogens is 3. The third kappa shape index (κ3) is 4.44. The lowest BCUT2D eigenvalue weighted by Gasteiger charge is -2.15. The van der Waals surface area contributed by atoms with Crippen LogP contribution in [0, 0.1) is 6.92 Å². The highest BCUT2D eigenvalue weighted by Gasteiger charge is 2.21. The van der Waals surface area contributed by atoms with Gasteiger partial charge in [-0.2, -0.15) is 0 Å². The molecule has 5 nitrogen and oxygen atoms in total. The minimum atomic E-state index is 0.132. The van der Waals surface area contributed by atoms with Gasteiger partial charge in [-0.3, -0.25) is 9.36 Å². The quantitative estimate of drug-likeness (QED) is 0.501. The van der Waals surface area contributed by atoms with E-state index in [9.17, 15) is 4.79 Å². The van der Waals surface area contributed by atoms with Gasteiger partial charge in [-0.15, -0.1) is 10.2 Å². The molecule has 4 rings (SSSR count). The first-order chi connectivity index (χ1) is 14.0. The van der Waals surface area contributed by atoms with E-state index in [0.717, 1.165) is 37.2 Å². The van der Waals surface area contributed by atoms with E-state index in [2.05, 4.69) is 10.2 Å². The second-order valence-electron chi connectivity index (χ2n) is 6.98. The zero-order chi connectivity index (χ0) is 20.4. The van der Waals surface area contributed by atoms with Crippen LogP contribution in [-0.4, -0.2) is 44.4 Å². The molecular weight excluding hydrogens is 427 g/mol. The molecule has 1 aliphatic rings. The Morgan fingerprint density at radius 1 is 1.03 bits per heavy atom. The van der Waals surface area contributed by atoms with E-state index in [0.29, 0.717) is 26.8 Å². The van der Waals surface area contributed by atoms with Crippen LogP contribution in [0.5, 0.6) is 0 Å². The third-order valence-electron chi connectivity index (χ3n) is 4.89. The van der Waals surface area contributed by atoms with Crippen LogP contribution in [0.15, 0.2) is 47.6 Å². The first kappa shape index (κ1) is 20.3. The summed E-state index contributed by atoms with van der Waals surface area (Å²) in [5, 5.41) is 10.4. The molecule has 0 spiro atoms. The molecule has 0 radical (unpaired) electrons. The van der Waals surface area contributed by atoms with Gasteiger partial charge in [0.25, 0.3) is 0 Å². The highest BCUT2D eigenvalue weighted by atomic mass is 35.5. The number of aryl methyl sites for hydroxylation is 1. The molecule has 0 unspecified atom stereocenters. The van der Waals surface area contributed by atoms with Gasteiger partial charge in [-0.1, -0.05) is 64.8 Å². The minimum absolute atomic E-state index is 0.132. The van der Waals surface area contributed by atoms with Crippen molar-refractivity contribution in [2.75, 3.05) is 18.8 Å². The minimum Gasteiger partial charge on any atom is -0.342 e. The second kappa shape index (κ2) is 8.78. The highest BCUT2D eigenvalue weighted by Crippen LogP contribution is 2.31. The molecule has 0 N–H and O–H groups in total. The van der Waals surface area contributed by atoms with Gasteiger partial charge in [-0.25, -0.2) is 0 Å². The van der Waals surface area contributed by atoms with Crippen molar-refractivity contribution in [3.05, 3.63) is 58.1 Å². The maximum atomic E-state index is 12.5.